The molecule has 0 radical (unpaired) electrons. The van der Waals surface area contributed by atoms with Gasteiger partial charge in [-0.1, -0.05) is 29.8 Å². The maximum Gasteiger partial charge on any atom is 0.245 e. The largest absolute Gasteiger partial charge is 0.325 e. The Bertz CT molecular complexity index is 868. The molecule has 0 aliphatic rings. The van der Waals surface area contributed by atoms with Crippen molar-refractivity contribution in [3.8, 4) is 0 Å². The number of rotatable bonds is 5. The number of nitrogens with zero attached hydrogens (tertiary/aromatic N) is 4. The van der Waals surface area contributed by atoms with Crippen molar-refractivity contribution in [2.75, 3.05) is 5.32 Å². The third kappa shape index (κ3) is 3.65. The van der Waals surface area contributed by atoms with Gasteiger partial charge in [0.25, 0.3) is 0 Å². The van der Waals surface area contributed by atoms with Crippen LogP contribution in [0.15, 0.2) is 42.7 Å². The van der Waals surface area contributed by atoms with Crippen LogP contribution in [0.3, 0.4) is 0 Å². The molecule has 3 rings (SSSR count). The van der Waals surface area contributed by atoms with Crippen LogP contribution in [0.5, 0.6) is 0 Å². The number of aryl methyl sites for hydroxylation is 2. The smallest absolute Gasteiger partial charge is 0.245 e. The molecule has 1 aromatic carbocycles. The van der Waals surface area contributed by atoms with Crippen LogP contribution >= 0.6 is 11.6 Å². The Hall–Kier alpha value is -2.60. The monoisotopic (exact) mass is 343 g/mol. The van der Waals surface area contributed by atoms with E-state index in [1.54, 1.807) is 16.9 Å². The molecular weight excluding hydrogens is 326 g/mol. The normalized spacial score (nSPS) is 10.8. The lowest BCUT2D eigenvalue weighted by atomic mass is 10.2. The molecule has 124 valence electrons. The topological polar surface area (TPSA) is 64.7 Å². The fourth-order valence-electron chi connectivity index (χ4n) is 2.52. The maximum atomic E-state index is 12.3. The number of carbonyl (C=O) groups is 1. The molecule has 6 nitrogen and oxygen atoms in total. The molecule has 0 aliphatic carbocycles. The lowest BCUT2D eigenvalue weighted by Gasteiger charge is -2.11. The van der Waals surface area contributed by atoms with Crippen molar-refractivity contribution in [2.45, 2.75) is 26.9 Å². The highest BCUT2D eigenvalue weighted by atomic mass is 35.5. The summed E-state index contributed by atoms with van der Waals surface area (Å²) in [6, 6.07) is 9.34. The molecule has 0 atom stereocenters. The summed E-state index contributed by atoms with van der Waals surface area (Å²) in [7, 11) is 0. The van der Waals surface area contributed by atoms with Crippen LogP contribution in [0.2, 0.25) is 5.02 Å². The lowest BCUT2D eigenvalue weighted by molar-refractivity contribution is -0.116. The van der Waals surface area contributed by atoms with Gasteiger partial charge in [0.05, 0.1) is 18.4 Å². The van der Waals surface area contributed by atoms with E-state index in [2.05, 4.69) is 15.4 Å². The number of anilines is 1. The van der Waals surface area contributed by atoms with E-state index in [1.807, 2.05) is 48.9 Å². The van der Waals surface area contributed by atoms with Crippen molar-refractivity contribution in [1.82, 2.24) is 19.3 Å². The summed E-state index contributed by atoms with van der Waals surface area (Å²) in [5.41, 5.74) is 1.84. The van der Waals surface area contributed by atoms with Gasteiger partial charge in [-0.25, -0.2) is 9.67 Å². The molecule has 3 aromatic rings. The van der Waals surface area contributed by atoms with Gasteiger partial charge in [-0.15, -0.1) is 0 Å². The van der Waals surface area contributed by atoms with Crippen LogP contribution in [0.4, 0.5) is 5.82 Å². The number of imidazole rings is 1. The summed E-state index contributed by atoms with van der Waals surface area (Å²) >= 11 is 6.19. The van der Waals surface area contributed by atoms with Crippen molar-refractivity contribution in [3.63, 3.8) is 0 Å². The second-order valence-electron chi connectivity index (χ2n) is 5.57. The van der Waals surface area contributed by atoms with E-state index >= 15 is 0 Å². The first-order valence-corrected chi connectivity index (χ1v) is 7.96. The van der Waals surface area contributed by atoms with Crippen molar-refractivity contribution in [2.24, 2.45) is 0 Å². The number of hydrogen-bond acceptors (Lipinski definition) is 3. The second kappa shape index (κ2) is 6.88. The SMILES string of the molecule is Cc1cn(CC(=O)Nc2ccnn2Cc2ccccc2Cl)c(C)n1. The van der Waals surface area contributed by atoms with Crippen molar-refractivity contribution in [3.05, 3.63) is 64.8 Å². The second-order valence-corrected chi connectivity index (χ2v) is 5.98. The number of amides is 1. The molecule has 24 heavy (non-hydrogen) atoms. The third-order valence-corrected chi connectivity index (χ3v) is 4.04. The molecule has 0 fully saturated rings. The minimum Gasteiger partial charge on any atom is -0.325 e. The number of nitrogens with one attached hydrogen (secondary N) is 1. The molecule has 2 aromatic heterocycles. The Balaban J connectivity index is 1.70. The first-order chi connectivity index (χ1) is 11.5. The van der Waals surface area contributed by atoms with Crippen LogP contribution in [0, 0.1) is 13.8 Å². The lowest BCUT2D eigenvalue weighted by Crippen LogP contribution is -2.21. The van der Waals surface area contributed by atoms with Crippen LogP contribution < -0.4 is 5.32 Å². The Morgan fingerprint density at radius 1 is 1.25 bits per heavy atom. The van der Waals surface area contributed by atoms with Gasteiger partial charge < -0.3 is 9.88 Å². The summed E-state index contributed by atoms with van der Waals surface area (Å²) in [5, 5.41) is 7.82. The predicted molar refractivity (Wildman–Crippen MR) is 93.1 cm³/mol. The zero-order valence-electron chi connectivity index (χ0n) is 13.5. The van der Waals surface area contributed by atoms with Gasteiger partial charge in [0.15, 0.2) is 0 Å². The number of carbonyl (C=O) groups excluding carboxylic acids is 1. The average Bonchev–Trinajstić information content (AvgIpc) is 3.08. The summed E-state index contributed by atoms with van der Waals surface area (Å²) < 4.78 is 3.53. The summed E-state index contributed by atoms with van der Waals surface area (Å²) in [6.07, 6.45) is 3.51. The standard InChI is InChI=1S/C17H18ClN5O/c1-12-9-22(13(2)20-12)11-17(24)21-16-7-8-19-23(16)10-14-5-3-4-6-15(14)18/h3-9H,10-11H2,1-2H3,(H,21,24). The number of halogens is 1. The van der Waals surface area contributed by atoms with Gasteiger partial charge in [0, 0.05) is 17.3 Å². The van der Waals surface area contributed by atoms with Gasteiger partial charge in [-0.05, 0) is 25.5 Å². The van der Waals surface area contributed by atoms with Gasteiger partial charge in [0.2, 0.25) is 5.91 Å². The van der Waals surface area contributed by atoms with E-state index in [1.165, 1.54) is 0 Å². The average molecular weight is 344 g/mol. The highest BCUT2D eigenvalue weighted by molar-refractivity contribution is 6.31. The van der Waals surface area contributed by atoms with E-state index in [4.69, 9.17) is 11.6 Å². The predicted octanol–water partition coefficient (Wildman–Crippen LogP) is 3.04. The molecular formula is C17H18ClN5O. The van der Waals surface area contributed by atoms with Gasteiger partial charge >= 0.3 is 0 Å². The van der Waals surface area contributed by atoms with E-state index in [0.717, 1.165) is 17.1 Å². The van der Waals surface area contributed by atoms with Crippen LogP contribution in [0.1, 0.15) is 17.1 Å². The Kier molecular flexibility index (Phi) is 4.66. The van der Waals surface area contributed by atoms with Gasteiger partial charge in [0.1, 0.15) is 18.2 Å². The van der Waals surface area contributed by atoms with Crippen LogP contribution in [0.25, 0.3) is 0 Å². The molecule has 2 heterocycles. The minimum absolute atomic E-state index is 0.128. The van der Waals surface area contributed by atoms with Crippen molar-refractivity contribution < 1.29 is 4.79 Å². The highest BCUT2D eigenvalue weighted by Gasteiger charge is 2.11. The fourth-order valence-corrected chi connectivity index (χ4v) is 2.71. The van der Waals surface area contributed by atoms with E-state index in [-0.39, 0.29) is 12.5 Å². The van der Waals surface area contributed by atoms with Crippen LogP contribution in [-0.4, -0.2) is 25.2 Å². The Labute approximate surface area is 145 Å². The molecule has 1 N–H and O–H groups in total. The molecule has 0 spiro atoms. The molecule has 1 amide bonds. The molecule has 7 heteroatoms. The fraction of sp³-hybridized carbons (Fsp3) is 0.235. The third-order valence-electron chi connectivity index (χ3n) is 3.67. The van der Waals surface area contributed by atoms with Gasteiger partial charge in [-0.3, -0.25) is 4.79 Å². The Morgan fingerprint density at radius 3 is 2.75 bits per heavy atom. The minimum atomic E-state index is -0.128. The van der Waals surface area contributed by atoms with Crippen molar-refractivity contribution >= 4 is 23.3 Å². The van der Waals surface area contributed by atoms with Crippen molar-refractivity contribution in [1.29, 1.82) is 0 Å². The number of aromatic nitrogens is 4. The van der Waals surface area contributed by atoms with E-state index < -0.39 is 0 Å². The van der Waals surface area contributed by atoms with E-state index in [0.29, 0.717) is 17.4 Å². The highest BCUT2D eigenvalue weighted by Crippen LogP contribution is 2.18. The summed E-state index contributed by atoms with van der Waals surface area (Å²) in [5.74, 6) is 1.32. The molecule has 0 aliphatic heterocycles. The summed E-state index contributed by atoms with van der Waals surface area (Å²) in [4.78, 5) is 16.6. The first kappa shape index (κ1) is 16.3. The van der Waals surface area contributed by atoms with Crippen LogP contribution in [-0.2, 0) is 17.9 Å². The maximum absolute atomic E-state index is 12.3. The molecule has 0 saturated carbocycles. The Morgan fingerprint density at radius 2 is 2.04 bits per heavy atom. The zero-order valence-corrected chi connectivity index (χ0v) is 14.3. The molecule has 0 bridgehead atoms. The number of hydrogen-bond donors (Lipinski definition) is 1. The number of benzene rings is 1. The zero-order chi connectivity index (χ0) is 17.1. The summed E-state index contributed by atoms with van der Waals surface area (Å²) in [6.45, 7) is 4.48. The quantitative estimate of drug-likeness (QED) is 0.774. The molecule has 0 unspecified atom stereocenters. The van der Waals surface area contributed by atoms with Gasteiger partial charge in [-0.2, -0.15) is 5.10 Å². The molecule has 0 saturated heterocycles. The van der Waals surface area contributed by atoms with E-state index in [9.17, 15) is 4.79 Å². The first-order valence-electron chi connectivity index (χ1n) is 7.58.